The molecule has 0 spiro atoms. The number of rotatable bonds is 10. The number of carbonyl (C=O) groups is 4. The number of aliphatic carboxylic acids is 2. The number of nitrogen functional groups attached to an aromatic ring is 1. The number of nitrogens with zero attached hydrogens (tertiary/aromatic N) is 4. The number of quaternary nitrogens is 1. The van der Waals surface area contributed by atoms with E-state index in [4.69, 9.17) is 10.6 Å². The molecule has 2 atom stereocenters. The van der Waals surface area contributed by atoms with Gasteiger partial charge in [0.1, 0.15) is 17.1 Å². The second-order valence-electron chi connectivity index (χ2n) is 10.6. The fraction of sp³-hybridized carbons (Fsp3) is 0.520. The molecular weight excluding hydrogens is 560 g/mol. The van der Waals surface area contributed by atoms with E-state index in [0.717, 1.165) is 40.4 Å². The molecule has 1 aromatic heterocycles. The number of carbonyl (C=O) groups excluding carboxylic acids is 3. The van der Waals surface area contributed by atoms with Crippen molar-refractivity contribution in [3.63, 3.8) is 0 Å². The minimum Gasteiger partial charge on any atom is -0.543 e. The Balaban J connectivity index is 1.32. The van der Waals surface area contributed by atoms with Crippen LogP contribution >= 0.6 is 23.1 Å². The fourth-order valence-electron chi connectivity index (χ4n) is 5.28. The first-order chi connectivity index (χ1) is 19.0. The van der Waals surface area contributed by atoms with Crippen molar-refractivity contribution in [3.05, 3.63) is 34.5 Å². The number of thioether (sulfide) groups is 1. The Kier molecular flexibility index (Phi) is 7.63. The van der Waals surface area contributed by atoms with Crippen LogP contribution in [0.5, 0.6) is 0 Å². The SMILES string of the molecule is C[N+]1(CC=CC2=C(C(=O)[O-])N3C(=O)C(NC(=O)/C(=N\OC4(C(=O)O)CCC4)c4csc(N)n4)[C@@H]3SC2)CCCC1. The zero-order valence-electron chi connectivity index (χ0n) is 21.8. The third-order valence-corrected chi connectivity index (χ3v) is 9.81. The molecule has 40 heavy (non-hydrogen) atoms. The molecule has 0 bridgehead atoms. The van der Waals surface area contributed by atoms with Crippen molar-refractivity contribution in [1.82, 2.24) is 15.2 Å². The highest BCUT2D eigenvalue weighted by atomic mass is 32.2. The average Bonchev–Trinajstić information content (AvgIpc) is 3.51. The first kappa shape index (κ1) is 28.1. The number of carboxylic acids is 2. The van der Waals surface area contributed by atoms with E-state index in [-0.39, 0.29) is 35.1 Å². The van der Waals surface area contributed by atoms with Gasteiger partial charge in [-0.1, -0.05) is 11.2 Å². The lowest BCUT2D eigenvalue weighted by atomic mass is 9.80. The quantitative estimate of drug-likeness (QED) is 0.141. The highest BCUT2D eigenvalue weighted by Gasteiger charge is 2.53. The summed E-state index contributed by atoms with van der Waals surface area (Å²) < 4.78 is 0.892. The number of allylic oxidation sites excluding steroid dienone is 1. The van der Waals surface area contributed by atoms with Crippen LogP contribution in [0.25, 0.3) is 0 Å². The number of oxime groups is 1. The molecule has 1 saturated carbocycles. The molecule has 214 valence electrons. The highest BCUT2D eigenvalue weighted by molar-refractivity contribution is 8.00. The molecule has 2 saturated heterocycles. The number of nitrogens with two attached hydrogens (primary N) is 1. The second-order valence-corrected chi connectivity index (χ2v) is 12.6. The molecule has 4 heterocycles. The molecule has 4 N–H and O–H groups in total. The Morgan fingerprint density at radius 3 is 2.65 bits per heavy atom. The minimum atomic E-state index is -1.53. The number of aromatic nitrogens is 1. The average molecular weight is 591 g/mol. The van der Waals surface area contributed by atoms with Gasteiger partial charge in [-0.25, -0.2) is 9.78 Å². The van der Waals surface area contributed by atoms with Crippen molar-refractivity contribution in [2.24, 2.45) is 5.16 Å². The van der Waals surface area contributed by atoms with Gasteiger partial charge in [-0.05, 0) is 18.1 Å². The van der Waals surface area contributed by atoms with Crippen LogP contribution in [0, 0.1) is 0 Å². The Morgan fingerprint density at radius 1 is 1.35 bits per heavy atom. The maximum Gasteiger partial charge on any atom is 0.350 e. The third-order valence-electron chi connectivity index (χ3n) is 7.83. The highest BCUT2D eigenvalue weighted by Crippen LogP contribution is 2.41. The van der Waals surface area contributed by atoms with E-state index >= 15 is 0 Å². The molecule has 3 aliphatic heterocycles. The Labute approximate surface area is 238 Å². The summed E-state index contributed by atoms with van der Waals surface area (Å²) in [6.07, 6.45) is 7.15. The summed E-state index contributed by atoms with van der Waals surface area (Å²) in [5.41, 5.74) is 4.21. The molecule has 0 radical (unpaired) electrons. The molecule has 1 aliphatic carbocycles. The zero-order valence-corrected chi connectivity index (χ0v) is 23.5. The second kappa shape index (κ2) is 10.9. The van der Waals surface area contributed by atoms with E-state index in [9.17, 15) is 29.4 Å². The molecule has 1 unspecified atom stereocenters. The number of amides is 2. The number of nitrogens with one attached hydrogen (secondary N) is 1. The number of likely N-dealkylation sites (N-methyl/N-ethyl adjacent to an activating group) is 1. The van der Waals surface area contributed by atoms with Crippen molar-refractivity contribution in [1.29, 1.82) is 0 Å². The van der Waals surface area contributed by atoms with Gasteiger partial charge in [0.2, 0.25) is 5.60 Å². The van der Waals surface area contributed by atoms with Gasteiger partial charge in [-0.2, -0.15) is 0 Å². The lowest BCUT2D eigenvalue weighted by Gasteiger charge is -2.50. The largest absolute Gasteiger partial charge is 0.543 e. The Bertz CT molecular complexity index is 1330. The first-order valence-corrected chi connectivity index (χ1v) is 14.9. The van der Waals surface area contributed by atoms with E-state index < -0.39 is 40.8 Å². The van der Waals surface area contributed by atoms with Gasteiger partial charge in [0, 0.05) is 36.8 Å². The van der Waals surface area contributed by atoms with Gasteiger partial charge in [0.25, 0.3) is 11.8 Å². The maximum atomic E-state index is 13.3. The van der Waals surface area contributed by atoms with Gasteiger partial charge in [0.05, 0.1) is 38.3 Å². The number of β-lactam (4-membered cyclic amide) rings is 1. The van der Waals surface area contributed by atoms with Crippen LogP contribution in [-0.4, -0.2) is 98.4 Å². The van der Waals surface area contributed by atoms with E-state index in [0.29, 0.717) is 17.7 Å². The zero-order chi connectivity index (χ0) is 28.7. The summed E-state index contributed by atoms with van der Waals surface area (Å²) >= 11 is 2.38. The predicted molar refractivity (Wildman–Crippen MR) is 145 cm³/mol. The Morgan fingerprint density at radius 2 is 2.08 bits per heavy atom. The first-order valence-electron chi connectivity index (χ1n) is 12.9. The third kappa shape index (κ3) is 5.20. The van der Waals surface area contributed by atoms with Gasteiger partial charge >= 0.3 is 5.97 Å². The molecule has 15 heteroatoms. The summed E-state index contributed by atoms with van der Waals surface area (Å²) in [7, 11) is 2.17. The number of carboxylic acid groups (broad SMARTS) is 2. The van der Waals surface area contributed by atoms with E-state index in [1.807, 2.05) is 6.08 Å². The van der Waals surface area contributed by atoms with Crippen molar-refractivity contribution in [2.45, 2.75) is 49.1 Å². The van der Waals surface area contributed by atoms with E-state index in [1.165, 1.54) is 30.0 Å². The van der Waals surface area contributed by atoms with Crippen molar-refractivity contribution in [2.75, 3.05) is 38.2 Å². The van der Waals surface area contributed by atoms with Crippen molar-refractivity contribution in [3.8, 4) is 0 Å². The lowest BCUT2D eigenvalue weighted by Crippen LogP contribution is -2.71. The molecular formula is C25H30N6O7S2. The number of hydrogen-bond donors (Lipinski definition) is 3. The summed E-state index contributed by atoms with van der Waals surface area (Å²) in [5, 5.41) is 29.0. The monoisotopic (exact) mass is 590 g/mol. The fourth-order valence-corrected chi connectivity index (χ4v) is 7.14. The smallest absolute Gasteiger partial charge is 0.350 e. The molecule has 2 amide bonds. The van der Waals surface area contributed by atoms with E-state index in [2.05, 4.69) is 22.5 Å². The normalized spacial score (nSPS) is 25.3. The molecule has 1 aromatic rings. The minimum absolute atomic E-state index is 0.0666. The van der Waals surface area contributed by atoms with Crippen molar-refractivity contribution >= 4 is 57.7 Å². The molecule has 5 rings (SSSR count). The number of fused-ring (bicyclic) bond motifs is 1. The number of hydrogen-bond acceptors (Lipinski definition) is 11. The van der Waals surface area contributed by atoms with Gasteiger partial charge in [-0.3, -0.25) is 14.5 Å². The van der Waals surface area contributed by atoms with Crippen LogP contribution < -0.4 is 16.2 Å². The van der Waals surface area contributed by atoms with Crippen molar-refractivity contribution < 1.29 is 38.7 Å². The topological polar surface area (TPSA) is 187 Å². The predicted octanol–water partition coefficient (Wildman–Crippen LogP) is -0.346. The molecule has 3 fully saturated rings. The van der Waals surface area contributed by atoms with Crippen LogP contribution in [0.3, 0.4) is 0 Å². The summed E-state index contributed by atoms with van der Waals surface area (Å²) in [5.74, 6) is -3.76. The lowest BCUT2D eigenvalue weighted by molar-refractivity contribution is -0.891. The van der Waals surface area contributed by atoms with E-state index in [1.54, 1.807) is 6.08 Å². The summed E-state index contributed by atoms with van der Waals surface area (Å²) in [6, 6.07) is -1.04. The molecule has 0 aromatic carbocycles. The molecule has 4 aliphatic rings. The van der Waals surface area contributed by atoms with Crippen LogP contribution in [0.2, 0.25) is 0 Å². The maximum absolute atomic E-state index is 13.3. The Hall–Kier alpha value is -3.43. The summed E-state index contributed by atoms with van der Waals surface area (Å²) in [4.78, 5) is 60.7. The standard InChI is InChI=1S/C25H30N6O7S2/c1-31(9-2-3-10-31)11-4-6-14-12-39-21-17(20(33)30(21)18(14)22(34)35)28-19(32)16(15-13-40-24(26)27-15)29-38-25(23(36)37)7-5-8-25/h4,6,13,17,21H,2-3,5,7-12H2,1H3,(H4-,26,27,28,32,34,35,36,37)/b6-4?,29-16-/t17?,21-/m0/s1. The summed E-state index contributed by atoms with van der Waals surface area (Å²) in [6.45, 7) is 2.90. The number of anilines is 1. The van der Waals surface area contributed by atoms with Gasteiger partial charge in [0.15, 0.2) is 10.8 Å². The number of likely N-dealkylation sites (tertiary alicyclic amines) is 1. The van der Waals surface area contributed by atoms with Gasteiger partial charge in [-0.15, -0.1) is 23.1 Å². The van der Waals surface area contributed by atoms with Gasteiger partial charge < -0.3 is 35.4 Å². The van der Waals surface area contributed by atoms with Crippen LogP contribution in [-0.2, 0) is 24.0 Å². The van der Waals surface area contributed by atoms with Crippen LogP contribution in [0.15, 0.2) is 34.0 Å². The van der Waals surface area contributed by atoms with Crippen LogP contribution in [0.1, 0.15) is 37.8 Å². The van der Waals surface area contributed by atoms with Crippen LogP contribution in [0.4, 0.5) is 5.13 Å². The molecule has 13 nitrogen and oxygen atoms in total. The number of thiazole rings is 1.